The third-order valence-electron chi connectivity index (χ3n) is 2.74. The van der Waals surface area contributed by atoms with Crippen LogP contribution >= 0.6 is 0 Å². The molecule has 0 unspecified atom stereocenters. The molecular weight excluding hydrogens is 313 g/mol. The minimum absolute atomic E-state index is 0.0356. The first-order valence-electron chi connectivity index (χ1n) is 7.03. The van der Waals surface area contributed by atoms with Gasteiger partial charge in [-0.1, -0.05) is 0 Å². The van der Waals surface area contributed by atoms with Crippen molar-refractivity contribution in [2.45, 2.75) is 19.5 Å². The van der Waals surface area contributed by atoms with E-state index in [0.29, 0.717) is 26.2 Å². The molecule has 128 valence electrons. The summed E-state index contributed by atoms with van der Waals surface area (Å²) in [4.78, 5) is 16.1. The number of hydrogen-bond acceptors (Lipinski definition) is 4. The summed E-state index contributed by atoms with van der Waals surface area (Å²) in [6, 6.07) is 3.95. The van der Waals surface area contributed by atoms with Crippen LogP contribution in [0.3, 0.4) is 0 Å². The summed E-state index contributed by atoms with van der Waals surface area (Å²) in [6.45, 7) is 2.96. The molecular formula is C15H19F3N2O3. The lowest BCUT2D eigenvalue weighted by Gasteiger charge is -2.10. The van der Waals surface area contributed by atoms with Gasteiger partial charge in [-0.15, -0.1) is 0 Å². The van der Waals surface area contributed by atoms with E-state index in [1.165, 1.54) is 0 Å². The van der Waals surface area contributed by atoms with Crippen molar-refractivity contribution < 1.29 is 27.4 Å². The van der Waals surface area contributed by atoms with Crippen LogP contribution in [-0.2, 0) is 15.7 Å². The van der Waals surface area contributed by atoms with Gasteiger partial charge in [0, 0.05) is 25.8 Å². The largest absolute Gasteiger partial charge is 0.465 e. The second-order valence-corrected chi connectivity index (χ2v) is 4.50. The van der Waals surface area contributed by atoms with Crippen LogP contribution < -0.4 is 5.32 Å². The molecule has 1 aromatic rings. The summed E-state index contributed by atoms with van der Waals surface area (Å²) >= 11 is 0. The third kappa shape index (κ3) is 6.68. The van der Waals surface area contributed by atoms with Gasteiger partial charge < -0.3 is 9.47 Å². The van der Waals surface area contributed by atoms with Crippen LogP contribution in [0.15, 0.2) is 29.3 Å². The maximum absolute atomic E-state index is 12.5. The van der Waals surface area contributed by atoms with Crippen LogP contribution in [0, 0.1) is 0 Å². The van der Waals surface area contributed by atoms with Gasteiger partial charge in [-0.3, -0.25) is 10.1 Å². The maximum atomic E-state index is 12.5. The Morgan fingerprint density at radius 1 is 1.26 bits per heavy atom. The molecule has 1 N–H and O–H groups in total. The van der Waals surface area contributed by atoms with Crippen molar-refractivity contribution >= 4 is 11.9 Å². The van der Waals surface area contributed by atoms with Gasteiger partial charge in [-0.25, -0.2) is 4.99 Å². The summed E-state index contributed by atoms with van der Waals surface area (Å²) in [7, 11) is 1.57. The molecule has 0 aliphatic heterocycles. The van der Waals surface area contributed by atoms with Gasteiger partial charge in [-0.05, 0) is 37.6 Å². The number of methoxy groups -OCH3 is 1. The highest BCUT2D eigenvalue weighted by atomic mass is 19.4. The van der Waals surface area contributed by atoms with E-state index in [-0.39, 0.29) is 11.6 Å². The Hall–Kier alpha value is -2.09. The number of halogens is 3. The van der Waals surface area contributed by atoms with Gasteiger partial charge in [0.05, 0.1) is 12.2 Å². The molecule has 8 heteroatoms. The number of carbonyl (C=O) groups excluding carboxylic acids is 1. The summed E-state index contributed by atoms with van der Waals surface area (Å²) in [5.74, 6) is -0.585. The van der Waals surface area contributed by atoms with Crippen LogP contribution in [0.2, 0.25) is 0 Å². The van der Waals surface area contributed by atoms with E-state index in [1.54, 1.807) is 14.0 Å². The fraction of sp³-hybridized carbons (Fsp3) is 0.467. The molecule has 5 nitrogen and oxygen atoms in total. The molecule has 0 aliphatic carbocycles. The lowest BCUT2D eigenvalue weighted by Crippen LogP contribution is -2.33. The molecule has 0 saturated heterocycles. The summed E-state index contributed by atoms with van der Waals surface area (Å²) in [5, 5.41) is 2.44. The van der Waals surface area contributed by atoms with Crippen molar-refractivity contribution in [1.29, 1.82) is 0 Å². The topological polar surface area (TPSA) is 59.9 Å². The van der Waals surface area contributed by atoms with Gasteiger partial charge >= 0.3 is 6.18 Å². The Labute approximate surface area is 132 Å². The fourth-order valence-electron chi connectivity index (χ4n) is 1.63. The molecule has 0 atom stereocenters. The molecule has 0 bridgehead atoms. The monoisotopic (exact) mass is 332 g/mol. The Morgan fingerprint density at radius 3 is 2.43 bits per heavy atom. The Kier molecular flexibility index (Phi) is 7.53. The number of carbonyl (C=O) groups is 1. The van der Waals surface area contributed by atoms with Gasteiger partial charge in [0.1, 0.15) is 0 Å². The van der Waals surface area contributed by atoms with Crippen molar-refractivity contribution in [3.8, 4) is 0 Å². The number of amides is 1. The zero-order valence-corrected chi connectivity index (χ0v) is 12.9. The van der Waals surface area contributed by atoms with Crippen LogP contribution in [-0.4, -0.2) is 38.8 Å². The van der Waals surface area contributed by atoms with Crippen molar-refractivity contribution in [3.05, 3.63) is 35.4 Å². The molecule has 0 spiro atoms. The molecule has 0 radical (unpaired) electrons. The van der Waals surface area contributed by atoms with E-state index in [4.69, 9.17) is 9.47 Å². The first-order valence-corrected chi connectivity index (χ1v) is 7.03. The van der Waals surface area contributed by atoms with Gasteiger partial charge in [0.2, 0.25) is 0 Å². The fourth-order valence-corrected chi connectivity index (χ4v) is 1.63. The van der Waals surface area contributed by atoms with Crippen LogP contribution in [0.1, 0.15) is 29.3 Å². The Bertz CT molecular complexity index is 528. The third-order valence-corrected chi connectivity index (χ3v) is 2.74. The Morgan fingerprint density at radius 2 is 1.91 bits per heavy atom. The van der Waals surface area contributed by atoms with E-state index in [1.807, 2.05) is 0 Å². The summed E-state index contributed by atoms with van der Waals surface area (Å²) in [6.07, 6.45) is -3.78. The Balaban J connectivity index is 2.70. The van der Waals surface area contributed by atoms with Crippen molar-refractivity contribution in [2.24, 2.45) is 4.99 Å². The molecule has 1 aromatic carbocycles. The van der Waals surface area contributed by atoms with Crippen LogP contribution in [0.4, 0.5) is 13.2 Å². The first kappa shape index (κ1) is 19.0. The molecule has 0 fully saturated rings. The van der Waals surface area contributed by atoms with Crippen LogP contribution in [0.5, 0.6) is 0 Å². The maximum Gasteiger partial charge on any atom is 0.416 e. The molecule has 0 aromatic heterocycles. The normalized spacial score (nSPS) is 12.1. The second kappa shape index (κ2) is 9.14. The second-order valence-electron chi connectivity index (χ2n) is 4.50. The molecule has 23 heavy (non-hydrogen) atoms. The number of aliphatic imine (C=N–C) groups is 1. The number of rotatable bonds is 6. The molecule has 0 saturated carbocycles. The van der Waals surface area contributed by atoms with Crippen molar-refractivity contribution in [1.82, 2.24) is 5.32 Å². The van der Waals surface area contributed by atoms with Crippen LogP contribution in [0.25, 0.3) is 0 Å². The minimum Gasteiger partial charge on any atom is -0.465 e. The number of hydrogen-bond donors (Lipinski definition) is 1. The number of ether oxygens (including phenoxy) is 2. The van der Waals surface area contributed by atoms with Crippen molar-refractivity contribution in [3.63, 3.8) is 0 Å². The van der Waals surface area contributed by atoms with E-state index in [2.05, 4.69) is 10.3 Å². The van der Waals surface area contributed by atoms with E-state index in [9.17, 15) is 18.0 Å². The predicted molar refractivity (Wildman–Crippen MR) is 79.3 cm³/mol. The zero-order chi connectivity index (χ0) is 17.3. The smallest absolute Gasteiger partial charge is 0.416 e. The molecule has 1 amide bonds. The SMILES string of the molecule is CCOC(=NCCCOC)NC(=O)c1ccc(C(F)(F)F)cc1. The lowest BCUT2D eigenvalue weighted by molar-refractivity contribution is -0.137. The quantitative estimate of drug-likeness (QED) is 0.495. The summed E-state index contributed by atoms with van der Waals surface area (Å²) < 4.78 is 47.5. The average molecular weight is 332 g/mol. The number of nitrogens with zero attached hydrogens (tertiary/aromatic N) is 1. The number of benzene rings is 1. The highest BCUT2D eigenvalue weighted by Crippen LogP contribution is 2.29. The predicted octanol–water partition coefficient (Wildman–Crippen LogP) is 2.86. The number of amidine groups is 1. The molecule has 1 rings (SSSR count). The molecule has 0 heterocycles. The summed E-state index contributed by atoms with van der Waals surface area (Å²) in [5.41, 5.74) is -0.727. The standard InChI is InChI=1S/C15H19F3N2O3/c1-3-23-14(19-9-4-10-22-2)20-13(21)11-5-7-12(8-6-11)15(16,17)18/h5-8H,3-4,9-10H2,1-2H3,(H,19,20,21). The minimum atomic E-state index is -4.44. The zero-order valence-electron chi connectivity index (χ0n) is 12.9. The van der Waals surface area contributed by atoms with E-state index in [0.717, 1.165) is 24.3 Å². The number of alkyl halides is 3. The number of nitrogens with one attached hydrogen (secondary N) is 1. The molecule has 0 aliphatic rings. The lowest BCUT2D eigenvalue weighted by atomic mass is 10.1. The van der Waals surface area contributed by atoms with E-state index < -0.39 is 17.6 Å². The van der Waals surface area contributed by atoms with Gasteiger partial charge in [0.15, 0.2) is 0 Å². The first-order chi connectivity index (χ1) is 10.9. The van der Waals surface area contributed by atoms with Gasteiger partial charge in [0.25, 0.3) is 11.9 Å². The highest BCUT2D eigenvalue weighted by Gasteiger charge is 2.30. The van der Waals surface area contributed by atoms with Crippen molar-refractivity contribution in [2.75, 3.05) is 26.9 Å². The average Bonchev–Trinajstić information content (AvgIpc) is 2.51. The highest BCUT2D eigenvalue weighted by molar-refractivity contribution is 6.04. The van der Waals surface area contributed by atoms with E-state index >= 15 is 0 Å². The van der Waals surface area contributed by atoms with Gasteiger partial charge in [-0.2, -0.15) is 13.2 Å².